The highest BCUT2D eigenvalue weighted by Gasteiger charge is 2.31. The lowest BCUT2D eigenvalue weighted by Gasteiger charge is -2.20. The highest BCUT2D eigenvalue weighted by molar-refractivity contribution is 6.31. The summed E-state index contributed by atoms with van der Waals surface area (Å²) in [5, 5.41) is 17.9. The molecule has 2 aromatic heterocycles. The lowest BCUT2D eigenvalue weighted by Crippen LogP contribution is -2.43. The topological polar surface area (TPSA) is 137 Å². The second-order valence-corrected chi connectivity index (χ2v) is 8.43. The molecule has 0 aromatic carbocycles. The molecule has 178 valence electrons. The first-order valence-electron chi connectivity index (χ1n) is 10.9. The SMILES string of the molecule is CCCOC1=CC=C(c2nc(C3=CCC=c4oc(C(N)(CO)CN=O)cc4=C3)no2)CC=C1Cl. The van der Waals surface area contributed by atoms with Crippen LogP contribution in [0.25, 0.3) is 23.3 Å². The van der Waals surface area contributed by atoms with Crippen molar-refractivity contribution in [1.29, 1.82) is 0 Å². The molecule has 0 saturated heterocycles. The van der Waals surface area contributed by atoms with Crippen molar-refractivity contribution in [1.82, 2.24) is 10.1 Å². The molecule has 34 heavy (non-hydrogen) atoms. The van der Waals surface area contributed by atoms with Crippen molar-refractivity contribution in [3.8, 4) is 0 Å². The molecule has 3 N–H and O–H groups in total. The summed E-state index contributed by atoms with van der Waals surface area (Å²) < 4.78 is 17.0. The number of aliphatic hydroxyl groups is 1. The van der Waals surface area contributed by atoms with Crippen LogP contribution in [0.15, 0.2) is 55.3 Å². The second kappa shape index (κ2) is 10.3. The molecule has 0 spiro atoms. The zero-order valence-corrected chi connectivity index (χ0v) is 19.4. The van der Waals surface area contributed by atoms with Crippen molar-refractivity contribution in [3.63, 3.8) is 0 Å². The third-order valence-corrected chi connectivity index (χ3v) is 5.80. The van der Waals surface area contributed by atoms with Crippen LogP contribution in [0.1, 0.15) is 43.7 Å². The number of hydrogen-bond donors (Lipinski definition) is 2. The van der Waals surface area contributed by atoms with Crippen molar-refractivity contribution < 1.29 is 18.8 Å². The fourth-order valence-electron chi connectivity index (χ4n) is 3.52. The number of allylic oxidation sites excluding steroid dienone is 7. The van der Waals surface area contributed by atoms with Crippen molar-refractivity contribution in [3.05, 3.63) is 74.2 Å². The van der Waals surface area contributed by atoms with Gasteiger partial charge in [0.05, 0.1) is 18.2 Å². The maximum absolute atomic E-state index is 10.8. The Labute approximate surface area is 200 Å². The van der Waals surface area contributed by atoms with Crippen LogP contribution >= 0.6 is 11.6 Å². The summed E-state index contributed by atoms with van der Waals surface area (Å²) in [4.78, 5) is 15.3. The number of fused-ring (bicyclic) bond motifs is 1. The summed E-state index contributed by atoms with van der Waals surface area (Å²) in [6.07, 6.45) is 13.2. The molecule has 2 aromatic rings. The highest BCUT2D eigenvalue weighted by atomic mass is 35.5. The molecule has 1 atom stereocenters. The normalized spacial score (nSPS) is 17.4. The molecular weight excluding hydrogens is 460 g/mol. The average Bonchev–Trinajstić information content (AvgIpc) is 3.38. The monoisotopic (exact) mass is 484 g/mol. The van der Waals surface area contributed by atoms with Gasteiger partial charge in [0, 0.05) is 16.4 Å². The van der Waals surface area contributed by atoms with Crippen LogP contribution in [0.4, 0.5) is 0 Å². The molecule has 0 radical (unpaired) electrons. The Balaban J connectivity index is 1.62. The van der Waals surface area contributed by atoms with Crippen molar-refractivity contribution in [2.45, 2.75) is 31.7 Å². The Morgan fingerprint density at radius 3 is 2.94 bits per heavy atom. The van der Waals surface area contributed by atoms with Crippen molar-refractivity contribution in [2.24, 2.45) is 10.9 Å². The minimum atomic E-state index is -1.38. The lowest BCUT2D eigenvalue weighted by atomic mass is 9.99. The van der Waals surface area contributed by atoms with Crippen molar-refractivity contribution in [2.75, 3.05) is 19.8 Å². The molecule has 2 aliphatic rings. The first kappa shape index (κ1) is 23.9. The Morgan fingerprint density at radius 2 is 2.18 bits per heavy atom. The molecule has 0 saturated carbocycles. The van der Waals surface area contributed by atoms with Gasteiger partial charge in [0.25, 0.3) is 5.89 Å². The maximum Gasteiger partial charge on any atom is 0.254 e. The molecule has 2 aliphatic carbocycles. The van der Waals surface area contributed by atoms with Gasteiger partial charge in [0.15, 0.2) is 0 Å². The quantitative estimate of drug-likeness (QED) is 0.518. The summed E-state index contributed by atoms with van der Waals surface area (Å²) >= 11 is 6.33. The fraction of sp³-hybridized carbons (Fsp3) is 0.333. The van der Waals surface area contributed by atoms with Gasteiger partial charge in [-0.15, -0.1) is 0 Å². The van der Waals surface area contributed by atoms with Crippen molar-refractivity contribution >= 4 is 34.9 Å². The van der Waals surface area contributed by atoms with Gasteiger partial charge in [0.2, 0.25) is 5.82 Å². The zero-order valence-electron chi connectivity index (χ0n) is 18.7. The Hall–Kier alpha value is -3.27. The molecule has 2 heterocycles. The zero-order chi connectivity index (χ0) is 24.1. The third kappa shape index (κ3) is 4.96. The van der Waals surface area contributed by atoms with E-state index < -0.39 is 12.1 Å². The second-order valence-electron chi connectivity index (χ2n) is 8.03. The van der Waals surface area contributed by atoms with Gasteiger partial charge in [-0.1, -0.05) is 41.0 Å². The van der Waals surface area contributed by atoms with Crippen LogP contribution in [0.5, 0.6) is 0 Å². The molecule has 0 fully saturated rings. The molecule has 4 rings (SSSR count). The van der Waals surface area contributed by atoms with Crippen LogP contribution < -0.4 is 16.4 Å². The van der Waals surface area contributed by atoms with Gasteiger partial charge in [0.1, 0.15) is 29.0 Å². The number of halogens is 1. The molecule has 10 heteroatoms. The van der Waals surface area contributed by atoms with E-state index in [1.54, 1.807) is 12.1 Å². The Kier molecular flexibility index (Phi) is 7.26. The van der Waals surface area contributed by atoms with E-state index >= 15 is 0 Å². The summed E-state index contributed by atoms with van der Waals surface area (Å²) in [5.41, 5.74) is 6.87. The molecule has 0 bridgehead atoms. The number of nitroso groups, excluding NO2 is 1. The van der Waals surface area contributed by atoms with Gasteiger partial charge in [-0.05, 0) is 49.6 Å². The van der Waals surface area contributed by atoms with E-state index in [0.29, 0.717) is 47.4 Å². The number of aromatic nitrogens is 2. The highest BCUT2D eigenvalue weighted by Crippen LogP contribution is 2.28. The summed E-state index contributed by atoms with van der Waals surface area (Å²) in [5.74, 6) is 1.70. The van der Waals surface area contributed by atoms with Crippen LogP contribution in [0.3, 0.4) is 0 Å². The largest absolute Gasteiger partial charge is 0.492 e. The van der Waals surface area contributed by atoms with Gasteiger partial charge in [-0.2, -0.15) is 9.89 Å². The lowest BCUT2D eigenvalue weighted by molar-refractivity contribution is 0.178. The smallest absolute Gasteiger partial charge is 0.254 e. The fourth-order valence-corrected chi connectivity index (χ4v) is 3.71. The van der Waals surface area contributed by atoms with E-state index in [2.05, 4.69) is 15.3 Å². The minimum absolute atomic E-state index is 0.280. The number of ether oxygens (including phenoxy) is 1. The number of nitrogens with zero attached hydrogens (tertiary/aromatic N) is 3. The standard InChI is InChI=1S/C24H25ClN4O5/c1-2-10-32-20-9-7-15(6-8-18(20)25)23-28-22(29-34-23)16-4-3-5-19-17(11-16)12-21(33-19)24(26,14-30)13-27-31/h4-5,7-9,11-12,30H,2-3,6,10,13-14,26H2,1H3. The van der Waals surface area contributed by atoms with Gasteiger partial charge >= 0.3 is 0 Å². The molecule has 9 nitrogen and oxygen atoms in total. The summed E-state index contributed by atoms with van der Waals surface area (Å²) in [6, 6.07) is 1.69. The minimum Gasteiger partial charge on any atom is -0.492 e. The van der Waals surface area contributed by atoms with Gasteiger partial charge in [-0.3, -0.25) is 0 Å². The molecular formula is C24H25ClN4O5. The third-order valence-electron chi connectivity index (χ3n) is 5.46. The predicted octanol–water partition coefficient (Wildman–Crippen LogP) is 2.84. The van der Waals surface area contributed by atoms with E-state index in [1.165, 1.54) is 0 Å². The summed E-state index contributed by atoms with van der Waals surface area (Å²) in [7, 11) is 0. The van der Waals surface area contributed by atoms with Crippen LogP contribution in [-0.2, 0) is 10.3 Å². The van der Waals surface area contributed by atoms with Crippen LogP contribution in [0.2, 0.25) is 0 Å². The van der Waals surface area contributed by atoms with E-state index in [0.717, 1.165) is 22.8 Å². The van der Waals surface area contributed by atoms with E-state index in [-0.39, 0.29) is 12.3 Å². The Bertz CT molecular complexity index is 1320. The average molecular weight is 485 g/mol. The van der Waals surface area contributed by atoms with E-state index in [1.807, 2.05) is 37.3 Å². The Morgan fingerprint density at radius 1 is 1.32 bits per heavy atom. The van der Waals surface area contributed by atoms with Gasteiger partial charge < -0.3 is 24.5 Å². The predicted molar refractivity (Wildman–Crippen MR) is 128 cm³/mol. The van der Waals surface area contributed by atoms with Gasteiger partial charge in [-0.25, -0.2) is 0 Å². The molecule has 1 unspecified atom stereocenters. The number of rotatable bonds is 9. The van der Waals surface area contributed by atoms with E-state index in [9.17, 15) is 10.0 Å². The maximum atomic E-state index is 10.8. The molecule has 0 aliphatic heterocycles. The first-order chi connectivity index (χ1) is 16.5. The number of hydrogen-bond acceptors (Lipinski definition) is 9. The van der Waals surface area contributed by atoms with E-state index in [4.69, 9.17) is 31.0 Å². The van der Waals surface area contributed by atoms with Crippen LogP contribution in [0, 0.1) is 4.91 Å². The van der Waals surface area contributed by atoms with Crippen LogP contribution in [-0.4, -0.2) is 35.0 Å². The first-order valence-corrected chi connectivity index (χ1v) is 11.3. The number of nitrogens with two attached hydrogens (primary N) is 1. The number of furan rings is 1. The summed E-state index contributed by atoms with van der Waals surface area (Å²) in [6.45, 7) is 1.83. The number of aliphatic hydroxyl groups excluding tert-OH is 1. The molecule has 0 amide bonds.